The Bertz CT molecular complexity index is 569. The van der Waals surface area contributed by atoms with Gasteiger partial charge in [-0.15, -0.1) is 0 Å². The molecule has 1 saturated carbocycles. The van der Waals surface area contributed by atoms with Gasteiger partial charge in [0.2, 0.25) is 0 Å². The second kappa shape index (κ2) is 7.17. The van der Waals surface area contributed by atoms with E-state index in [4.69, 9.17) is 11.6 Å². The second-order valence-corrected chi connectivity index (χ2v) is 5.07. The number of carbonyl (C=O) groups excluding carboxylic acids is 2. The number of halogens is 2. The Morgan fingerprint density at radius 2 is 1.95 bits per heavy atom. The minimum Gasteiger partial charge on any atom is -0.545 e. The van der Waals surface area contributed by atoms with Gasteiger partial charge in [0.1, 0.15) is 0 Å². The van der Waals surface area contributed by atoms with Crippen LogP contribution >= 0.6 is 11.6 Å². The molecule has 7 heteroatoms. The molecule has 0 spiro atoms. The maximum atomic E-state index is 12.9. The van der Waals surface area contributed by atoms with Crippen molar-refractivity contribution in [1.82, 2.24) is 4.98 Å². The summed E-state index contributed by atoms with van der Waals surface area (Å²) in [6.45, 7) is 4.46. The number of hydrogen-bond donors (Lipinski definition) is 0. The number of nitrogens with zero attached hydrogens (tertiary/aromatic N) is 1. The van der Waals surface area contributed by atoms with E-state index in [0.717, 1.165) is 23.6 Å². The van der Waals surface area contributed by atoms with Crippen LogP contribution in [0, 0.1) is 18.7 Å². The summed E-state index contributed by atoms with van der Waals surface area (Å²) in [6, 6.07) is 0. The van der Waals surface area contributed by atoms with E-state index in [-0.39, 0.29) is 5.02 Å². The number of carboxylic acids is 2. The van der Waals surface area contributed by atoms with Crippen molar-refractivity contribution in [3.63, 3.8) is 0 Å². The lowest BCUT2D eigenvalue weighted by Crippen LogP contribution is -2.35. The van der Waals surface area contributed by atoms with Crippen molar-refractivity contribution in [3.05, 3.63) is 40.4 Å². The summed E-state index contributed by atoms with van der Waals surface area (Å²) in [6.07, 6.45) is 4.71. The standard InChI is InChI=1S/C10H11ClFN.C4H4O4/c1-6-9(4-7-2-3-7)13-5-8(12)10(6)11;1-2(3(5)6)4(7)8/h5,7H,2-4H2,1H3;1H2,(H,5,6)(H,7,8)/p-2. The summed E-state index contributed by atoms with van der Waals surface area (Å²) in [5, 5.41) is 19.2. The van der Waals surface area contributed by atoms with Crippen molar-refractivity contribution >= 4 is 23.5 Å². The highest BCUT2D eigenvalue weighted by Gasteiger charge is 2.23. The van der Waals surface area contributed by atoms with Crippen LogP contribution in [0.1, 0.15) is 24.1 Å². The van der Waals surface area contributed by atoms with Gasteiger partial charge in [0.15, 0.2) is 5.82 Å². The van der Waals surface area contributed by atoms with Crippen molar-refractivity contribution in [1.29, 1.82) is 0 Å². The quantitative estimate of drug-likeness (QED) is 0.449. The molecule has 1 fully saturated rings. The molecule has 5 nitrogen and oxygen atoms in total. The molecule has 0 N–H and O–H groups in total. The maximum absolute atomic E-state index is 12.9. The van der Waals surface area contributed by atoms with Gasteiger partial charge in [0, 0.05) is 11.3 Å². The third-order valence-corrected chi connectivity index (χ3v) is 3.44. The number of aromatic nitrogens is 1. The molecule has 1 aliphatic rings. The summed E-state index contributed by atoms with van der Waals surface area (Å²) < 4.78 is 12.9. The summed E-state index contributed by atoms with van der Waals surface area (Å²) in [4.78, 5) is 23.1. The van der Waals surface area contributed by atoms with Gasteiger partial charge in [0.25, 0.3) is 0 Å². The largest absolute Gasteiger partial charge is 0.545 e. The first-order valence-corrected chi connectivity index (χ1v) is 6.52. The predicted octanol–water partition coefficient (Wildman–Crippen LogP) is 0.177. The zero-order valence-corrected chi connectivity index (χ0v) is 12.1. The molecule has 0 aromatic carbocycles. The molecule has 1 heterocycles. The molecular weight excluding hydrogens is 301 g/mol. The molecule has 21 heavy (non-hydrogen) atoms. The lowest BCUT2D eigenvalue weighted by Gasteiger charge is -2.05. The van der Waals surface area contributed by atoms with E-state index in [0.29, 0.717) is 0 Å². The smallest absolute Gasteiger partial charge is 0.160 e. The normalized spacial score (nSPS) is 13.1. The molecular formula is C14H13ClFNO4-2. The second-order valence-electron chi connectivity index (χ2n) is 4.69. The Balaban J connectivity index is 0.000000240. The molecule has 1 aliphatic carbocycles. The van der Waals surface area contributed by atoms with Gasteiger partial charge >= 0.3 is 0 Å². The Kier molecular flexibility index (Phi) is 5.84. The van der Waals surface area contributed by atoms with Gasteiger partial charge < -0.3 is 19.8 Å². The van der Waals surface area contributed by atoms with Crippen molar-refractivity contribution in [2.45, 2.75) is 26.2 Å². The monoisotopic (exact) mass is 313 g/mol. The molecule has 0 atom stereocenters. The van der Waals surface area contributed by atoms with Crippen LogP contribution < -0.4 is 10.2 Å². The zero-order chi connectivity index (χ0) is 16.2. The van der Waals surface area contributed by atoms with E-state index in [9.17, 15) is 24.2 Å². The van der Waals surface area contributed by atoms with E-state index < -0.39 is 23.3 Å². The lowest BCUT2D eigenvalue weighted by molar-refractivity contribution is -0.311. The van der Waals surface area contributed by atoms with Gasteiger partial charge in [-0.05, 0) is 37.7 Å². The number of pyridine rings is 1. The Morgan fingerprint density at radius 3 is 2.33 bits per heavy atom. The maximum Gasteiger partial charge on any atom is 0.160 e. The molecule has 1 aromatic heterocycles. The van der Waals surface area contributed by atoms with Crippen LogP contribution in [0.5, 0.6) is 0 Å². The zero-order valence-electron chi connectivity index (χ0n) is 11.3. The third kappa shape index (κ3) is 5.15. The minimum absolute atomic E-state index is 0.227. The minimum atomic E-state index is -1.81. The number of aliphatic carboxylic acids is 2. The first-order chi connectivity index (χ1) is 9.73. The lowest BCUT2D eigenvalue weighted by atomic mass is 10.1. The van der Waals surface area contributed by atoms with E-state index in [1.807, 2.05) is 6.92 Å². The molecule has 0 saturated heterocycles. The number of carboxylic acid groups (broad SMARTS) is 2. The van der Waals surface area contributed by atoms with E-state index >= 15 is 0 Å². The SMILES string of the molecule is C=C(C(=O)[O-])C(=O)[O-].Cc1c(CC2CC2)ncc(F)c1Cl. The number of rotatable bonds is 4. The number of hydrogen-bond acceptors (Lipinski definition) is 5. The van der Waals surface area contributed by atoms with Crippen LogP contribution in [-0.2, 0) is 16.0 Å². The van der Waals surface area contributed by atoms with Crippen molar-refractivity contribution in [2.24, 2.45) is 5.92 Å². The average molecular weight is 314 g/mol. The summed E-state index contributed by atoms with van der Waals surface area (Å²) in [5.41, 5.74) is 0.715. The summed E-state index contributed by atoms with van der Waals surface area (Å²) in [7, 11) is 0. The first kappa shape index (κ1) is 17.1. The van der Waals surface area contributed by atoms with Crippen LogP contribution in [-0.4, -0.2) is 16.9 Å². The molecule has 0 unspecified atom stereocenters. The molecule has 0 bridgehead atoms. The van der Waals surface area contributed by atoms with Crippen LogP contribution in [0.3, 0.4) is 0 Å². The van der Waals surface area contributed by atoms with E-state index in [1.54, 1.807) is 0 Å². The van der Waals surface area contributed by atoms with Crippen LogP contribution in [0.15, 0.2) is 18.3 Å². The van der Waals surface area contributed by atoms with Crippen LogP contribution in [0.2, 0.25) is 5.02 Å². The molecule has 0 amide bonds. The van der Waals surface area contributed by atoms with Crippen molar-refractivity contribution in [3.8, 4) is 0 Å². The van der Waals surface area contributed by atoms with Gasteiger partial charge in [-0.1, -0.05) is 18.2 Å². The highest BCUT2D eigenvalue weighted by atomic mass is 35.5. The van der Waals surface area contributed by atoms with Gasteiger partial charge in [-0.3, -0.25) is 4.98 Å². The molecule has 1 aromatic rings. The Morgan fingerprint density at radius 1 is 1.43 bits per heavy atom. The molecule has 114 valence electrons. The summed E-state index contributed by atoms with van der Waals surface area (Å²) >= 11 is 5.77. The topological polar surface area (TPSA) is 93.1 Å². The summed E-state index contributed by atoms with van der Waals surface area (Å²) in [5.74, 6) is -3.29. The van der Waals surface area contributed by atoms with Gasteiger partial charge in [-0.2, -0.15) is 0 Å². The van der Waals surface area contributed by atoms with Crippen LogP contribution in [0.25, 0.3) is 0 Å². The van der Waals surface area contributed by atoms with Crippen molar-refractivity contribution < 1.29 is 24.2 Å². The highest BCUT2D eigenvalue weighted by molar-refractivity contribution is 6.31. The highest BCUT2D eigenvalue weighted by Crippen LogP contribution is 2.34. The third-order valence-electron chi connectivity index (χ3n) is 2.98. The van der Waals surface area contributed by atoms with Crippen LogP contribution in [0.4, 0.5) is 4.39 Å². The van der Waals surface area contributed by atoms with E-state index in [1.165, 1.54) is 19.0 Å². The Labute approximate surface area is 126 Å². The molecule has 0 radical (unpaired) electrons. The van der Waals surface area contributed by atoms with Gasteiger partial charge in [-0.25, -0.2) is 4.39 Å². The van der Waals surface area contributed by atoms with E-state index in [2.05, 4.69) is 11.6 Å². The average Bonchev–Trinajstić information content (AvgIpc) is 3.23. The van der Waals surface area contributed by atoms with Crippen molar-refractivity contribution in [2.75, 3.05) is 0 Å². The fourth-order valence-electron chi connectivity index (χ4n) is 1.48. The fraction of sp³-hybridized carbons (Fsp3) is 0.357. The molecule has 0 aliphatic heterocycles. The first-order valence-electron chi connectivity index (χ1n) is 6.15. The van der Waals surface area contributed by atoms with Gasteiger partial charge in [0.05, 0.1) is 23.2 Å². The fourth-order valence-corrected chi connectivity index (χ4v) is 1.64. The Hall–Kier alpha value is -1.95. The number of carbonyl (C=O) groups is 2. The predicted molar refractivity (Wildman–Crippen MR) is 69.5 cm³/mol. The molecule has 2 rings (SSSR count).